The molecule has 0 bridgehead atoms. The van der Waals surface area contributed by atoms with Crippen molar-refractivity contribution in [3.8, 4) is 5.75 Å². The molecule has 19 heavy (non-hydrogen) atoms. The maximum absolute atomic E-state index is 11.1. The highest BCUT2D eigenvalue weighted by molar-refractivity contribution is 5.77. The van der Waals surface area contributed by atoms with Crippen LogP contribution in [0.5, 0.6) is 5.75 Å². The minimum Gasteiger partial charge on any atom is -0.426 e. The number of para-hydroxylation sites is 1. The van der Waals surface area contributed by atoms with Crippen molar-refractivity contribution in [2.45, 2.75) is 13.3 Å². The summed E-state index contributed by atoms with van der Waals surface area (Å²) in [5.41, 5.74) is 2.45. The third-order valence-corrected chi connectivity index (χ3v) is 2.79. The Morgan fingerprint density at radius 3 is 2.37 bits per heavy atom. The van der Waals surface area contributed by atoms with Gasteiger partial charge in [-0.3, -0.25) is 9.59 Å². The van der Waals surface area contributed by atoms with Crippen molar-refractivity contribution in [1.29, 1.82) is 0 Å². The van der Waals surface area contributed by atoms with Crippen LogP contribution in [0.1, 0.15) is 28.4 Å². The van der Waals surface area contributed by atoms with E-state index in [1.165, 1.54) is 6.92 Å². The second kappa shape index (κ2) is 5.96. The molecular weight excluding hydrogens is 240 g/mol. The Hall–Kier alpha value is -2.42. The lowest BCUT2D eigenvalue weighted by Crippen LogP contribution is -2.04. The molecule has 0 saturated heterocycles. The first-order chi connectivity index (χ1) is 9.20. The van der Waals surface area contributed by atoms with Crippen LogP contribution < -0.4 is 4.74 Å². The Labute approximate surface area is 111 Å². The fraction of sp³-hybridized carbons (Fsp3) is 0.125. The number of aldehydes is 1. The lowest BCUT2D eigenvalue weighted by molar-refractivity contribution is -0.131. The number of rotatable bonds is 4. The van der Waals surface area contributed by atoms with E-state index in [-0.39, 0.29) is 5.97 Å². The molecule has 0 N–H and O–H groups in total. The van der Waals surface area contributed by atoms with Crippen LogP contribution in [0.25, 0.3) is 0 Å². The number of hydrogen-bond donors (Lipinski definition) is 0. The van der Waals surface area contributed by atoms with Gasteiger partial charge >= 0.3 is 5.97 Å². The molecule has 0 radical (unpaired) electrons. The Kier molecular flexibility index (Phi) is 4.08. The van der Waals surface area contributed by atoms with Gasteiger partial charge in [-0.25, -0.2) is 0 Å². The van der Waals surface area contributed by atoms with Crippen LogP contribution in [0.3, 0.4) is 0 Å². The van der Waals surface area contributed by atoms with E-state index in [1.807, 2.05) is 36.4 Å². The summed E-state index contributed by atoms with van der Waals surface area (Å²) >= 11 is 0. The fourth-order valence-electron chi connectivity index (χ4n) is 1.92. The molecule has 0 saturated carbocycles. The second-order valence-electron chi connectivity index (χ2n) is 4.19. The van der Waals surface area contributed by atoms with Crippen LogP contribution >= 0.6 is 0 Å². The van der Waals surface area contributed by atoms with Crippen molar-refractivity contribution >= 4 is 12.3 Å². The van der Waals surface area contributed by atoms with E-state index in [0.29, 0.717) is 17.7 Å². The van der Waals surface area contributed by atoms with E-state index in [2.05, 4.69) is 0 Å². The van der Waals surface area contributed by atoms with E-state index >= 15 is 0 Å². The minimum absolute atomic E-state index is 0.351. The number of esters is 1. The van der Waals surface area contributed by atoms with Crippen molar-refractivity contribution in [3.63, 3.8) is 0 Å². The van der Waals surface area contributed by atoms with Crippen molar-refractivity contribution in [2.24, 2.45) is 0 Å². The van der Waals surface area contributed by atoms with Crippen LogP contribution in [0.2, 0.25) is 0 Å². The van der Waals surface area contributed by atoms with Gasteiger partial charge < -0.3 is 4.74 Å². The van der Waals surface area contributed by atoms with Gasteiger partial charge in [-0.15, -0.1) is 0 Å². The third kappa shape index (κ3) is 3.28. The van der Waals surface area contributed by atoms with E-state index in [1.54, 1.807) is 12.1 Å². The van der Waals surface area contributed by atoms with Crippen molar-refractivity contribution in [2.75, 3.05) is 0 Å². The summed E-state index contributed by atoms with van der Waals surface area (Å²) in [6.07, 6.45) is 1.39. The van der Waals surface area contributed by atoms with Crippen molar-refractivity contribution < 1.29 is 14.3 Å². The van der Waals surface area contributed by atoms with Crippen LogP contribution in [-0.4, -0.2) is 12.3 Å². The van der Waals surface area contributed by atoms with Gasteiger partial charge in [0.1, 0.15) is 12.0 Å². The average molecular weight is 254 g/mol. The van der Waals surface area contributed by atoms with Crippen molar-refractivity contribution in [1.82, 2.24) is 0 Å². The highest BCUT2D eigenvalue weighted by Crippen LogP contribution is 2.22. The van der Waals surface area contributed by atoms with Gasteiger partial charge in [0.2, 0.25) is 0 Å². The Morgan fingerprint density at radius 2 is 1.68 bits per heavy atom. The van der Waals surface area contributed by atoms with E-state index < -0.39 is 0 Å². The van der Waals surface area contributed by atoms with Gasteiger partial charge in [-0.05, 0) is 17.2 Å². The van der Waals surface area contributed by atoms with Gasteiger partial charge in [-0.1, -0.05) is 42.5 Å². The van der Waals surface area contributed by atoms with E-state index in [0.717, 1.165) is 17.4 Å². The molecule has 0 aromatic heterocycles. The molecule has 2 rings (SSSR count). The molecular formula is C16H14O3. The number of ether oxygens (including phenoxy) is 1. The van der Waals surface area contributed by atoms with Gasteiger partial charge in [0.25, 0.3) is 0 Å². The summed E-state index contributed by atoms with van der Waals surface area (Å²) in [4.78, 5) is 22.1. The highest BCUT2D eigenvalue weighted by Gasteiger charge is 2.08. The molecule has 0 amide bonds. The maximum Gasteiger partial charge on any atom is 0.308 e. The largest absolute Gasteiger partial charge is 0.426 e. The molecule has 3 heteroatoms. The number of carbonyl (C=O) groups excluding carboxylic acids is 2. The Balaban J connectivity index is 2.32. The van der Waals surface area contributed by atoms with E-state index in [4.69, 9.17) is 4.74 Å². The molecule has 3 nitrogen and oxygen atoms in total. The number of hydrogen-bond acceptors (Lipinski definition) is 3. The molecule has 2 aromatic rings. The predicted molar refractivity (Wildman–Crippen MR) is 72.4 cm³/mol. The molecule has 0 unspecified atom stereocenters. The first-order valence-electron chi connectivity index (χ1n) is 6.00. The summed E-state index contributed by atoms with van der Waals surface area (Å²) in [7, 11) is 0. The molecule has 0 spiro atoms. The lowest BCUT2D eigenvalue weighted by atomic mass is 10.00. The average Bonchev–Trinajstić information content (AvgIpc) is 2.41. The van der Waals surface area contributed by atoms with Crippen LogP contribution in [0.4, 0.5) is 0 Å². The molecule has 96 valence electrons. The summed E-state index contributed by atoms with van der Waals surface area (Å²) < 4.78 is 5.16. The predicted octanol–water partition coefficient (Wildman–Crippen LogP) is 3.02. The number of carbonyl (C=O) groups is 2. The zero-order chi connectivity index (χ0) is 13.7. The lowest BCUT2D eigenvalue weighted by Gasteiger charge is -2.10. The van der Waals surface area contributed by atoms with Crippen molar-refractivity contribution in [3.05, 3.63) is 65.2 Å². The summed E-state index contributed by atoms with van der Waals surface area (Å²) in [5, 5.41) is 0. The Morgan fingerprint density at radius 1 is 1.05 bits per heavy atom. The fourth-order valence-corrected chi connectivity index (χ4v) is 1.92. The summed E-state index contributed by atoms with van der Waals surface area (Å²) in [6.45, 7) is 1.37. The number of benzene rings is 2. The first-order valence-corrected chi connectivity index (χ1v) is 6.00. The minimum atomic E-state index is -0.351. The van der Waals surface area contributed by atoms with Crippen LogP contribution in [-0.2, 0) is 11.2 Å². The zero-order valence-electron chi connectivity index (χ0n) is 10.6. The van der Waals surface area contributed by atoms with E-state index in [9.17, 15) is 9.59 Å². The second-order valence-corrected chi connectivity index (χ2v) is 4.19. The molecule has 2 aromatic carbocycles. The molecule has 0 aliphatic rings. The van der Waals surface area contributed by atoms with Crippen LogP contribution in [0.15, 0.2) is 48.5 Å². The summed E-state index contributed by atoms with van der Waals surface area (Å²) in [5.74, 6) is 0.187. The first kappa shape index (κ1) is 13.0. The topological polar surface area (TPSA) is 43.4 Å². The van der Waals surface area contributed by atoms with Gasteiger partial charge in [0.05, 0.1) is 0 Å². The molecule has 0 aliphatic heterocycles. The highest BCUT2D eigenvalue weighted by atomic mass is 16.5. The summed E-state index contributed by atoms with van der Waals surface area (Å²) in [6, 6.07) is 14.7. The zero-order valence-corrected chi connectivity index (χ0v) is 10.6. The molecule has 0 atom stereocenters. The van der Waals surface area contributed by atoms with Gasteiger partial charge in [0, 0.05) is 18.9 Å². The standard InChI is InChI=1S/C16H14O3/c1-12(18)19-16-9-5-4-7-14(16)10-13-6-2-3-8-15(13)11-17/h2-9,11H,10H2,1H3. The smallest absolute Gasteiger partial charge is 0.308 e. The monoisotopic (exact) mass is 254 g/mol. The maximum atomic E-state index is 11.1. The quantitative estimate of drug-likeness (QED) is 0.478. The molecule has 0 fully saturated rings. The van der Waals surface area contributed by atoms with Crippen LogP contribution in [0, 0.1) is 0 Å². The SMILES string of the molecule is CC(=O)Oc1ccccc1Cc1ccccc1C=O. The third-order valence-electron chi connectivity index (χ3n) is 2.79. The van der Waals surface area contributed by atoms with Gasteiger partial charge in [0.15, 0.2) is 0 Å². The Bertz CT molecular complexity index is 602. The molecule has 0 heterocycles. The normalized spacial score (nSPS) is 9.95. The van der Waals surface area contributed by atoms with Gasteiger partial charge in [-0.2, -0.15) is 0 Å². The molecule has 0 aliphatic carbocycles.